The third-order valence-electron chi connectivity index (χ3n) is 2.59. The summed E-state index contributed by atoms with van der Waals surface area (Å²) in [6.45, 7) is 0. The number of aliphatic carboxylic acids is 1. The van der Waals surface area contributed by atoms with Crippen molar-refractivity contribution in [1.29, 1.82) is 5.26 Å². The standard InChI is InChI=1S/C5H5NO4.C4H3NO4.C3H6N2O3.C3H3NO2/c1-9-5(8)3-2-4(7)10-6-3;6-3-1-2(4(7)8)5-9-3;1-8-3(6)2(4)5-7;1-6-3(5)2-4/h2H2,1H3;1H2,(H,7,8);7H,1H3,(H2,4,5);1H3. The Morgan fingerprint density at radius 3 is 1.67 bits per heavy atom. The molecule has 0 amide bonds. The van der Waals surface area contributed by atoms with Crippen LogP contribution in [0.25, 0.3) is 0 Å². The van der Waals surface area contributed by atoms with Crippen LogP contribution in [0, 0.1) is 11.3 Å². The van der Waals surface area contributed by atoms with E-state index >= 15 is 0 Å². The van der Waals surface area contributed by atoms with Gasteiger partial charge < -0.3 is 39.9 Å². The topological polar surface area (TPSA) is 276 Å². The quantitative estimate of drug-likeness (QED) is 0.0540. The predicted molar refractivity (Wildman–Crippen MR) is 99.0 cm³/mol. The number of methoxy groups -OCH3 is 3. The lowest BCUT2D eigenvalue weighted by Gasteiger charge is -1.91. The molecule has 0 spiro atoms. The van der Waals surface area contributed by atoms with Crippen LogP contribution in [0.2, 0.25) is 0 Å². The van der Waals surface area contributed by atoms with E-state index in [4.69, 9.17) is 21.3 Å². The van der Waals surface area contributed by atoms with E-state index in [1.54, 1.807) is 0 Å². The van der Waals surface area contributed by atoms with Crippen LogP contribution in [0.15, 0.2) is 15.5 Å². The van der Waals surface area contributed by atoms with Crippen molar-refractivity contribution in [2.24, 2.45) is 21.2 Å². The zero-order valence-corrected chi connectivity index (χ0v) is 17.2. The molecule has 2 heterocycles. The van der Waals surface area contributed by atoms with Gasteiger partial charge in [0.2, 0.25) is 5.84 Å². The number of carbonyl (C=O) groups excluding carboxylic acids is 5. The number of carbonyl (C=O) groups is 6. The third-order valence-corrected chi connectivity index (χ3v) is 2.59. The molecule has 33 heavy (non-hydrogen) atoms. The Balaban J connectivity index is 0. The van der Waals surface area contributed by atoms with Gasteiger partial charge in [-0.3, -0.25) is 0 Å². The lowest BCUT2D eigenvalue weighted by Crippen LogP contribution is -2.24. The lowest BCUT2D eigenvalue weighted by atomic mass is 10.3. The second kappa shape index (κ2) is 16.7. The lowest BCUT2D eigenvalue weighted by molar-refractivity contribution is -0.141. The van der Waals surface area contributed by atoms with Crippen LogP contribution >= 0.6 is 0 Å². The number of hydrogen-bond acceptors (Lipinski definition) is 16. The van der Waals surface area contributed by atoms with Crippen molar-refractivity contribution in [2.75, 3.05) is 21.3 Å². The van der Waals surface area contributed by atoms with Crippen molar-refractivity contribution < 1.29 is 63.0 Å². The molecule has 0 radical (unpaired) electrons. The molecule has 0 unspecified atom stereocenters. The van der Waals surface area contributed by atoms with Crippen molar-refractivity contribution in [3.05, 3.63) is 0 Å². The Kier molecular flexibility index (Phi) is 15.2. The van der Waals surface area contributed by atoms with Gasteiger partial charge in [0.05, 0.1) is 21.3 Å². The number of carboxylic acids is 1. The molecule has 0 saturated carbocycles. The predicted octanol–water partition coefficient (Wildman–Crippen LogP) is -2.58. The summed E-state index contributed by atoms with van der Waals surface area (Å²) in [6.07, 6.45) is -0.317. The smallest absolute Gasteiger partial charge is 0.410 e. The molecule has 0 fully saturated rings. The number of oxime groups is 3. The van der Waals surface area contributed by atoms with Gasteiger partial charge >= 0.3 is 35.8 Å². The van der Waals surface area contributed by atoms with Crippen LogP contribution in [0.5, 0.6) is 0 Å². The van der Waals surface area contributed by atoms with Gasteiger partial charge in [-0.05, 0) is 0 Å². The number of rotatable bonds is 2. The maximum absolute atomic E-state index is 10.6. The Labute approximate surface area is 183 Å². The second-order valence-electron chi connectivity index (χ2n) is 4.73. The summed E-state index contributed by atoms with van der Waals surface area (Å²) in [5, 5.41) is 32.1. The fraction of sp³-hybridized carbons (Fsp3) is 0.333. The molecular formula is C15H17N5O13. The molecule has 0 aliphatic carbocycles. The van der Waals surface area contributed by atoms with Crippen LogP contribution in [-0.2, 0) is 52.7 Å². The molecule has 0 aromatic carbocycles. The first-order valence-electron chi connectivity index (χ1n) is 7.86. The van der Waals surface area contributed by atoms with Crippen molar-refractivity contribution in [1.82, 2.24) is 0 Å². The maximum Gasteiger partial charge on any atom is 0.410 e. The summed E-state index contributed by atoms with van der Waals surface area (Å²) in [7, 11) is 3.51. The van der Waals surface area contributed by atoms with Gasteiger partial charge in [0, 0.05) is 0 Å². The monoisotopic (exact) mass is 475 g/mol. The molecule has 18 nitrogen and oxygen atoms in total. The highest BCUT2D eigenvalue weighted by atomic mass is 16.7. The van der Waals surface area contributed by atoms with Gasteiger partial charge in [0.1, 0.15) is 12.8 Å². The van der Waals surface area contributed by atoms with Gasteiger partial charge in [-0.2, -0.15) is 5.26 Å². The summed E-state index contributed by atoms with van der Waals surface area (Å²) >= 11 is 0. The Morgan fingerprint density at radius 2 is 1.48 bits per heavy atom. The zero-order chi connectivity index (χ0) is 26.0. The number of nitrogens with zero attached hydrogens (tertiary/aromatic N) is 4. The molecule has 0 aromatic rings. The Morgan fingerprint density at radius 1 is 1.00 bits per heavy atom. The van der Waals surface area contributed by atoms with Crippen LogP contribution < -0.4 is 5.73 Å². The number of hydrogen-bond donors (Lipinski definition) is 3. The Bertz CT molecular complexity index is 900. The zero-order valence-electron chi connectivity index (χ0n) is 17.2. The molecule has 180 valence electrons. The van der Waals surface area contributed by atoms with Crippen LogP contribution in [0.1, 0.15) is 12.8 Å². The minimum atomic E-state index is -1.21. The molecule has 0 aromatic heterocycles. The number of nitriles is 1. The minimum absolute atomic E-state index is 0.0208. The summed E-state index contributed by atoms with van der Waals surface area (Å²) in [6, 6.07) is 1.25. The molecule has 2 rings (SSSR count). The van der Waals surface area contributed by atoms with Gasteiger partial charge in [-0.25, -0.2) is 28.8 Å². The summed E-state index contributed by atoms with van der Waals surface area (Å²) < 4.78 is 12.2. The minimum Gasteiger partial charge on any atom is -0.477 e. The van der Waals surface area contributed by atoms with Crippen LogP contribution in [0.3, 0.4) is 0 Å². The van der Waals surface area contributed by atoms with E-state index in [-0.39, 0.29) is 24.3 Å². The highest BCUT2D eigenvalue weighted by Crippen LogP contribution is 2.02. The van der Waals surface area contributed by atoms with E-state index in [1.807, 2.05) is 0 Å². The first kappa shape index (κ1) is 30.1. The van der Waals surface area contributed by atoms with Crippen molar-refractivity contribution in [3.8, 4) is 6.07 Å². The van der Waals surface area contributed by atoms with Crippen molar-refractivity contribution >= 4 is 53.1 Å². The molecule has 2 aliphatic rings. The van der Waals surface area contributed by atoms with E-state index in [0.29, 0.717) is 0 Å². The van der Waals surface area contributed by atoms with E-state index in [1.165, 1.54) is 13.2 Å². The molecule has 0 atom stereocenters. The van der Waals surface area contributed by atoms with Gasteiger partial charge in [0.15, 0.2) is 17.5 Å². The fourth-order valence-corrected chi connectivity index (χ4v) is 1.15. The largest absolute Gasteiger partial charge is 0.477 e. The van der Waals surface area contributed by atoms with E-state index < -0.39 is 41.7 Å². The molecule has 18 heteroatoms. The molecule has 4 N–H and O–H groups in total. The number of ether oxygens (including phenoxy) is 3. The number of amidine groups is 1. The van der Waals surface area contributed by atoms with Gasteiger partial charge in [-0.15, -0.1) is 0 Å². The molecular weight excluding hydrogens is 458 g/mol. The number of esters is 3. The second-order valence-corrected chi connectivity index (χ2v) is 4.73. The average molecular weight is 475 g/mol. The number of carboxylic acid groups (broad SMARTS) is 1. The SMILES string of the molecule is COC(=O)C#N.COC(=O)C(N)=NO.COC(=O)C1=NOC(=O)C1.O=C1CC(C(=O)O)=NO1. The van der Waals surface area contributed by atoms with Gasteiger partial charge in [-0.1, -0.05) is 15.5 Å². The normalized spacial score (nSPS) is 13.2. The third kappa shape index (κ3) is 13.7. The van der Waals surface area contributed by atoms with Crippen molar-refractivity contribution in [3.63, 3.8) is 0 Å². The highest BCUT2D eigenvalue weighted by Gasteiger charge is 2.24. The fourth-order valence-electron chi connectivity index (χ4n) is 1.15. The average Bonchev–Trinajstić information content (AvgIpc) is 3.46. The van der Waals surface area contributed by atoms with E-state index in [2.05, 4.69) is 39.4 Å². The molecule has 0 saturated heterocycles. The molecule has 2 aliphatic heterocycles. The highest BCUT2D eigenvalue weighted by molar-refractivity contribution is 6.40. The van der Waals surface area contributed by atoms with Crippen LogP contribution in [-0.4, -0.2) is 84.7 Å². The summed E-state index contributed by atoms with van der Waals surface area (Å²) in [4.78, 5) is 68.9. The Hall–Kier alpha value is -5.08. The van der Waals surface area contributed by atoms with Crippen molar-refractivity contribution in [2.45, 2.75) is 12.8 Å². The maximum atomic E-state index is 10.6. The molecule has 0 bridgehead atoms. The first-order chi connectivity index (χ1) is 15.5. The van der Waals surface area contributed by atoms with Gasteiger partial charge in [0.25, 0.3) is 0 Å². The summed E-state index contributed by atoms with van der Waals surface area (Å²) in [5.74, 6) is -5.21. The summed E-state index contributed by atoms with van der Waals surface area (Å²) in [5.41, 5.74) is 4.54. The van der Waals surface area contributed by atoms with E-state index in [9.17, 15) is 28.8 Å². The van der Waals surface area contributed by atoms with Crippen LogP contribution in [0.4, 0.5) is 0 Å². The number of nitrogens with two attached hydrogens (primary N) is 1. The van der Waals surface area contributed by atoms with E-state index in [0.717, 1.165) is 14.2 Å². The first-order valence-corrected chi connectivity index (χ1v) is 7.86.